The molecule has 2 aromatic carbocycles. The third kappa shape index (κ3) is 8.02. The van der Waals surface area contributed by atoms with Crippen LogP contribution in [0.25, 0.3) is 5.57 Å². The molecule has 0 heterocycles. The van der Waals surface area contributed by atoms with E-state index in [1.165, 1.54) is 36.9 Å². The molecule has 0 fully saturated rings. The van der Waals surface area contributed by atoms with Gasteiger partial charge in [-0.25, -0.2) is 18.6 Å². The van der Waals surface area contributed by atoms with E-state index in [2.05, 4.69) is 91.6 Å². The van der Waals surface area contributed by atoms with Gasteiger partial charge in [-0.15, -0.1) is 33.8 Å². The Bertz CT molecular complexity index is 884. The Balaban J connectivity index is 0.000000575. The number of hydrogen-bond donors (Lipinski definition) is 0. The van der Waals surface area contributed by atoms with Crippen LogP contribution in [0.3, 0.4) is 0 Å². The topological polar surface area (TPSA) is 92.2 Å². The second kappa shape index (κ2) is 11.8. The monoisotopic (exact) mass is 480 g/mol. The Morgan fingerprint density at radius 2 is 1.07 bits per heavy atom. The fraction of sp³-hybridized carbons (Fsp3) is 0.136. The van der Waals surface area contributed by atoms with E-state index in [9.17, 15) is 0 Å². The highest BCUT2D eigenvalue weighted by Crippen LogP contribution is 2.31. The molecule has 0 bridgehead atoms. The van der Waals surface area contributed by atoms with Crippen LogP contribution in [0.4, 0.5) is 0 Å². The quantitative estimate of drug-likeness (QED) is 0.371. The van der Waals surface area contributed by atoms with Crippen molar-refractivity contribution in [2.45, 2.75) is 9.79 Å². The zero-order valence-electron chi connectivity index (χ0n) is 16.7. The van der Waals surface area contributed by atoms with E-state index in [0.29, 0.717) is 0 Å². The van der Waals surface area contributed by atoms with E-state index in [0.717, 1.165) is 0 Å². The first kappa shape index (κ1) is 24.8. The lowest BCUT2D eigenvalue weighted by atomic mass is 9.91. The van der Waals surface area contributed by atoms with Crippen LogP contribution in [-0.2, 0) is 11.4 Å². The summed E-state index contributed by atoms with van der Waals surface area (Å²) in [5, 5.41) is 0. The van der Waals surface area contributed by atoms with Crippen LogP contribution < -0.4 is 18.6 Å². The zero-order chi connectivity index (χ0) is 22.1. The summed E-state index contributed by atoms with van der Waals surface area (Å²) in [4.78, 5) is 3.87. The highest BCUT2D eigenvalue weighted by Gasteiger charge is 2.13. The highest BCUT2D eigenvalue weighted by atomic mass is 35.7. The molecule has 8 heteroatoms. The van der Waals surface area contributed by atoms with E-state index in [4.69, 9.17) is 18.6 Å². The van der Waals surface area contributed by atoms with Crippen molar-refractivity contribution in [1.82, 2.24) is 0 Å². The minimum absolute atomic E-state index is 1.26. The summed E-state index contributed by atoms with van der Waals surface area (Å²) in [6, 6.07) is 17.7. The van der Waals surface area contributed by atoms with E-state index >= 15 is 0 Å². The second-order valence-electron chi connectivity index (χ2n) is 5.94. The van der Waals surface area contributed by atoms with Gasteiger partial charge in [-0.3, -0.25) is 0 Å². The molecular formula is C22H21ClO4S3. The molecule has 0 spiro atoms. The van der Waals surface area contributed by atoms with Gasteiger partial charge in [-0.1, -0.05) is 24.3 Å². The number of allylic oxidation sites excluding steroid dienone is 5. The van der Waals surface area contributed by atoms with E-state index < -0.39 is 10.2 Å². The van der Waals surface area contributed by atoms with E-state index in [1.807, 2.05) is 0 Å². The molecule has 0 saturated carbocycles. The second-order valence-corrected chi connectivity index (χ2v) is 9.33. The number of hydrogen-bond acceptors (Lipinski definition) is 6. The molecule has 0 unspecified atom stereocenters. The minimum atomic E-state index is -4.94. The summed E-state index contributed by atoms with van der Waals surface area (Å²) in [5.74, 6) is 0. The summed E-state index contributed by atoms with van der Waals surface area (Å²) in [6.07, 6.45) is 15.2. The van der Waals surface area contributed by atoms with Crippen LogP contribution in [0, 0.1) is 10.2 Å². The molecule has 0 saturated heterocycles. The SMILES string of the molecule is CSc1ccc(C(=C2C=CC(=[S+]C)C=C2)c2ccc(SC)cc2)cc1.[O-][Cl+3]([O-])([O-])[O-]. The molecule has 2 aromatic rings. The standard InChI is InChI=1S/C22H21S3.ClHO4/c1-23-19-10-4-16(5-11-19)22(17-6-12-20(24-2)13-7-17)18-8-14-21(25-3)15-9-18;2-1(3,4)5/h4-15H,1-3H3;(H,2,3,4,5)/q+1;/p-1. The lowest BCUT2D eigenvalue weighted by Crippen LogP contribution is -2.68. The van der Waals surface area contributed by atoms with Crippen molar-refractivity contribution < 1.29 is 28.9 Å². The summed E-state index contributed by atoms with van der Waals surface area (Å²) in [6.45, 7) is 0. The van der Waals surface area contributed by atoms with Crippen LogP contribution in [0.5, 0.6) is 0 Å². The summed E-state index contributed by atoms with van der Waals surface area (Å²) in [5.41, 5.74) is 5.05. The Morgan fingerprint density at radius 1 is 0.700 bits per heavy atom. The van der Waals surface area contributed by atoms with Gasteiger partial charge in [0, 0.05) is 21.9 Å². The molecule has 0 aromatic heterocycles. The molecule has 30 heavy (non-hydrogen) atoms. The van der Waals surface area contributed by atoms with Crippen LogP contribution >= 0.6 is 23.5 Å². The molecule has 0 amide bonds. The maximum Gasteiger partial charge on any atom is 0.224 e. The molecule has 0 radical (unpaired) electrons. The normalized spacial score (nSPS) is 13.0. The number of benzene rings is 2. The van der Waals surface area contributed by atoms with Crippen molar-refractivity contribution >= 4 is 45.3 Å². The lowest BCUT2D eigenvalue weighted by molar-refractivity contribution is -2.00. The third-order valence-electron chi connectivity index (χ3n) is 4.14. The number of thioether (sulfide) groups is 2. The first-order chi connectivity index (χ1) is 14.2. The smallest absolute Gasteiger partial charge is 0.222 e. The van der Waals surface area contributed by atoms with E-state index in [1.54, 1.807) is 34.9 Å². The largest absolute Gasteiger partial charge is 0.224 e. The van der Waals surface area contributed by atoms with Gasteiger partial charge >= 0.3 is 0 Å². The van der Waals surface area contributed by atoms with Crippen molar-refractivity contribution in [2.75, 3.05) is 18.8 Å². The maximum atomic E-state index is 8.49. The van der Waals surface area contributed by atoms with Gasteiger partial charge in [0.2, 0.25) is 4.86 Å². The van der Waals surface area contributed by atoms with Crippen molar-refractivity contribution in [1.29, 1.82) is 0 Å². The molecule has 0 aliphatic heterocycles. The average molecular weight is 481 g/mol. The van der Waals surface area contributed by atoms with Crippen molar-refractivity contribution in [3.63, 3.8) is 0 Å². The summed E-state index contributed by atoms with van der Waals surface area (Å²) in [7, 11) is -4.94. The molecule has 1 aliphatic carbocycles. The number of rotatable bonds is 4. The van der Waals surface area contributed by atoms with Gasteiger partial charge in [0.15, 0.2) is 17.6 Å². The maximum absolute atomic E-state index is 8.49. The Kier molecular flexibility index (Phi) is 9.80. The van der Waals surface area contributed by atoms with E-state index in [-0.39, 0.29) is 0 Å². The molecular weight excluding hydrogens is 460 g/mol. The minimum Gasteiger partial charge on any atom is -0.222 e. The summed E-state index contributed by atoms with van der Waals surface area (Å²) >= 11 is 5.33. The number of halogens is 1. The predicted molar refractivity (Wildman–Crippen MR) is 119 cm³/mol. The molecule has 1 aliphatic rings. The van der Waals surface area contributed by atoms with Crippen molar-refractivity contribution in [2.24, 2.45) is 0 Å². The molecule has 3 rings (SSSR count). The van der Waals surface area contributed by atoms with Crippen molar-refractivity contribution in [3.8, 4) is 0 Å². The Labute approximate surface area is 191 Å². The molecule has 0 atom stereocenters. The fourth-order valence-corrected chi connectivity index (χ4v) is 4.00. The van der Waals surface area contributed by atoms with Gasteiger partial charge < -0.3 is 0 Å². The zero-order valence-corrected chi connectivity index (χ0v) is 19.9. The summed E-state index contributed by atoms with van der Waals surface area (Å²) < 4.78 is 34.0. The van der Waals surface area contributed by atoms with Crippen LogP contribution in [0.2, 0.25) is 0 Å². The Morgan fingerprint density at radius 3 is 1.37 bits per heavy atom. The molecule has 158 valence electrons. The Hall–Kier alpha value is -1.42. The van der Waals surface area contributed by atoms with Gasteiger partial charge in [-0.05, 0) is 71.2 Å². The molecule has 4 nitrogen and oxygen atoms in total. The van der Waals surface area contributed by atoms with Crippen molar-refractivity contribution in [3.05, 3.63) is 89.5 Å². The highest BCUT2D eigenvalue weighted by molar-refractivity contribution is 7.98. The van der Waals surface area contributed by atoms with Gasteiger partial charge in [0.05, 0.1) is 0 Å². The molecule has 0 N–H and O–H groups in total. The van der Waals surface area contributed by atoms with Gasteiger partial charge in [0.1, 0.15) is 0 Å². The van der Waals surface area contributed by atoms with Crippen LogP contribution in [0.15, 0.2) is 88.2 Å². The lowest BCUT2D eigenvalue weighted by Gasteiger charge is -2.17. The average Bonchev–Trinajstić information content (AvgIpc) is 2.74. The fourth-order valence-electron chi connectivity index (χ4n) is 2.77. The first-order valence-corrected chi connectivity index (χ1v) is 13.6. The van der Waals surface area contributed by atoms with Gasteiger partial charge in [0.25, 0.3) is 0 Å². The first-order valence-electron chi connectivity index (χ1n) is 8.67. The van der Waals surface area contributed by atoms with Crippen LogP contribution in [-0.4, -0.2) is 23.6 Å². The third-order valence-corrected chi connectivity index (χ3v) is 6.37. The predicted octanol–water partition coefficient (Wildman–Crippen LogP) is 1.19. The van der Waals surface area contributed by atoms with Crippen LogP contribution in [0.1, 0.15) is 11.1 Å². The van der Waals surface area contributed by atoms with Gasteiger partial charge in [-0.2, -0.15) is 0 Å².